The van der Waals surface area contributed by atoms with Gasteiger partial charge in [-0.05, 0) is 58.7 Å². The van der Waals surface area contributed by atoms with Crippen LogP contribution in [0.15, 0.2) is 56.3 Å². The van der Waals surface area contributed by atoms with Gasteiger partial charge in [-0.15, -0.1) is 0 Å². The monoisotopic (exact) mass is 624 g/mol. The van der Waals surface area contributed by atoms with Crippen LogP contribution in [-0.4, -0.2) is 44.6 Å². The highest BCUT2D eigenvalue weighted by Crippen LogP contribution is 2.31. The Hall–Kier alpha value is -2.34. The molecule has 2 N–H and O–H groups in total. The summed E-state index contributed by atoms with van der Waals surface area (Å²) in [6.07, 6.45) is -3.46. The van der Waals surface area contributed by atoms with Crippen LogP contribution in [0.25, 0.3) is 0 Å². The first kappa shape index (κ1) is 26.3. The van der Waals surface area contributed by atoms with E-state index < -0.39 is 39.9 Å². The molecule has 0 saturated carbocycles. The number of ether oxygens (including phenoxy) is 1. The Morgan fingerprint density at radius 2 is 1.97 bits per heavy atom. The fourth-order valence-corrected chi connectivity index (χ4v) is 6.09. The number of hydrogen-bond donors (Lipinski definition) is 2. The summed E-state index contributed by atoms with van der Waals surface area (Å²) in [5.41, 5.74) is -1.03. The highest BCUT2D eigenvalue weighted by atomic mass is 79.9. The Kier molecular flexibility index (Phi) is 8.12. The third-order valence-electron chi connectivity index (χ3n) is 4.89. The Morgan fingerprint density at radius 3 is 2.65 bits per heavy atom. The van der Waals surface area contributed by atoms with E-state index in [2.05, 4.69) is 41.9 Å². The number of benzene rings is 2. The zero-order chi connectivity index (χ0) is 25.1. The van der Waals surface area contributed by atoms with Gasteiger partial charge in [0.2, 0.25) is 10.0 Å². The second kappa shape index (κ2) is 10.5. The molecule has 2 aromatic carbocycles. The summed E-state index contributed by atoms with van der Waals surface area (Å²) in [6.45, 7) is -0.207. The van der Waals surface area contributed by atoms with Gasteiger partial charge in [0.15, 0.2) is 6.19 Å². The molecular weight excluding hydrogens is 609 g/mol. The van der Waals surface area contributed by atoms with Gasteiger partial charge in [0.1, 0.15) is 6.61 Å². The van der Waals surface area contributed by atoms with Crippen molar-refractivity contribution in [1.29, 1.82) is 5.26 Å². The first-order valence-corrected chi connectivity index (χ1v) is 12.7. The SMILES string of the molecule is N#CN1C[C@H](NS(=O)(=O)c2cc(Br)ccc2Br)C[C@@H]1COC(=O)Nc1cccc(C(F)(F)F)c1. The van der Waals surface area contributed by atoms with E-state index in [1.807, 2.05) is 6.19 Å². The van der Waals surface area contributed by atoms with Gasteiger partial charge in [-0.2, -0.15) is 18.4 Å². The van der Waals surface area contributed by atoms with E-state index in [9.17, 15) is 31.6 Å². The zero-order valence-corrected chi connectivity index (χ0v) is 21.1. The number of alkyl halides is 3. The molecule has 1 fully saturated rings. The van der Waals surface area contributed by atoms with E-state index in [0.717, 1.165) is 18.2 Å². The highest BCUT2D eigenvalue weighted by Gasteiger charge is 2.36. The van der Waals surface area contributed by atoms with Crippen LogP contribution in [-0.2, 0) is 20.9 Å². The lowest BCUT2D eigenvalue weighted by Crippen LogP contribution is -2.36. The maximum atomic E-state index is 12.8. The van der Waals surface area contributed by atoms with E-state index in [4.69, 9.17) is 4.74 Å². The largest absolute Gasteiger partial charge is 0.447 e. The van der Waals surface area contributed by atoms with Crippen LogP contribution >= 0.6 is 31.9 Å². The second-order valence-electron chi connectivity index (χ2n) is 7.34. The Morgan fingerprint density at radius 1 is 1.24 bits per heavy atom. The summed E-state index contributed by atoms with van der Waals surface area (Å²) in [5.74, 6) is 0. The molecule has 3 rings (SSSR count). The number of nitriles is 1. The van der Waals surface area contributed by atoms with Crippen LogP contribution < -0.4 is 10.0 Å². The molecule has 1 aliphatic rings. The predicted molar refractivity (Wildman–Crippen MR) is 123 cm³/mol. The third kappa shape index (κ3) is 6.62. The highest BCUT2D eigenvalue weighted by molar-refractivity contribution is 9.11. The van der Waals surface area contributed by atoms with E-state index in [0.29, 0.717) is 8.95 Å². The number of carbonyl (C=O) groups is 1. The maximum absolute atomic E-state index is 12.8. The van der Waals surface area contributed by atoms with Gasteiger partial charge in [-0.3, -0.25) is 5.32 Å². The molecule has 2 atom stereocenters. The number of nitrogens with zero attached hydrogens (tertiary/aromatic N) is 2. The van der Waals surface area contributed by atoms with E-state index in [1.54, 1.807) is 12.1 Å². The number of amides is 1. The van der Waals surface area contributed by atoms with Crippen molar-refractivity contribution in [3.63, 3.8) is 0 Å². The fraction of sp³-hybridized carbons (Fsp3) is 0.300. The van der Waals surface area contributed by atoms with Crippen molar-refractivity contribution in [1.82, 2.24) is 9.62 Å². The lowest BCUT2D eigenvalue weighted by atomic mass is 10.2. The van der Waals surface area contributed by atoms with E-state index >= 15 is 0 Å². The van der Waals surface area contributed by atoms with Crippen LogP contribution in [0, 0.1) is 11.5 Å². The number of hydrogen-bond acceptors (Lipinski definition) is 6. The molecule has 182 valence electrons. The molecule has 1 heterocycles. The first-order chi connectivity index (χ1) is 15.9. The van der Waals surface area contributed by atoms with Gasteiger partial charge in [0.25, 0.3) is 0 Å². The lowest BCUT2D eigenvalue weighted by molar-refractivity contribution is -0.137. The van der Waals surface area contributed by atoms with E-state index in [1.165, 1.54) is 17.0 Å². The van der Waals surface area contributed by atoms with Gasteiger partial charge in [-0.1, -0.05) is 22.0 Å². The number of sulfonamides is 1. The third-order valence-corrected chi connectivity index (χ3v) is 7.90. The van der Waals surface area contributed by atoms with Crippen LogP contribution in [0.2, 0.25) is 0 Å². The fourth-order valence-electron chi connectivity index (χ4n) is 3.35. The van der Waals surface area contributed by atoms with Crippen molar-refractivity contribution < 1.29 is 31.1 Å². The van der Waals surface area contributed by atoms with Crippen molar-refractivity contribution >= 4 is 53.7 Å². The molecule has 0 aliphatic carbocycles. The molecule has 2 aromatic rings. The molecule has 1 aliphatic heterocycles. The van der Waals surface area contributed by atoms with Gasteiger partial charge in [-0.25, -0.2) is 17.9 Å². The Balaban J connectivity index is 1.59. The number of rotatable bonds is 6. The second-order valence-corrected chi connectivity index (χ2v) is 10.8. The van der Waals surface area contributed by atoms with Crippen molar-refractivity contribution in [2.75, 3.05) is 18.5 Å². The molecule has 1 saturated heterocycles. The Bertz CT molecular complexity index is 1220. The van der Waals surface area contributed by atoms with Crippen molar-refractivity contribution in [3.05, 3.63) is 57.0 Å². The molecule has 14 heteroatoms. The average molecular weight is 626 g/mol. The predicted octanol–water partition coefficient (Wildman–Crippen LogP) is 4.68. The lowest BCUT2D eigenvalue weighted by Gasteiger charge is -2.18. The number of likely N-dealkylation sites (tertiary alicyclic amines) is 1. The zero-order valence-electron chi connectivity index (χ0n) is 17.1. The van der Waals surface area contributed by atoms with Crippen LogP contribution in [0.4, 0.5) is 23.7 Å². The molecule has 0 aromatic heterocycles. The van der Waals surface area contributed by atoms with Gasteiger partial charge < -0.3 is 9.64 Å². The van der Waals surface area contributed by atoms with Gasteiger partial charge >= 0.3 is 12.3 Å². The minimum atomic E-state index is -4.56. The van der Waals surface area contributed by atoms with Crippen LogP contribution in [0.1, 0.15) is 12.0 Å². The summed E-state index contributed by atoms with van der Waals surface area (Å²) in [7, 11) is -3.92. The minimum absolute atomic E-state index is 0.0190. The number of carbonyl (C=O) groups excluding carboxylic acids is 1. The number of halogens is 5. The van der Waals surface area contributed by atoms with Crippen LogP contribution in [0.5, 0.6) is 0 Å². The number of anilines is 1. The minimum Gasteiger partial charge on any atom is -0.447 e. The molecule has 8 nitrogen and oxygen atoms in total. The summed E-state index contributed by atoms with van der Waals surface area (Å²) in [5, 5.41) is 11.6. The van der Waals surface area contributed by atoms with Gasteiger partial charge in [0, 0.05) is 27.2 Å². The van der Waals surface area contributed by atoms with Gasteiger partial charge in [0.05, 0.1) is 16.5 Å². The summed E-state index contributed by atoms with van der Waals surface area (Å²) >= 11 is 6.44. The molecule has 0 unspecified atom stereocenters. The molecule has 34 heavy (non-hydrogen) atoms. The van der Waals surface area contributed by atoms with E-state index in [-0.39, 0.29) is 30.2 Å². The first-order valence-electron chi connectivity index (χ1n) is 9.64. The average Bonchev–Trinajstić information content (AvgIpc) is 3.14. The normalized spacial score (nSPS) is 18.4. The smallest absolute Gasteiger partial charge is 0.416 e. The summed E-state index contributed by atoms with van der Waals surface area (Å²) in [6, 6.07) is 7.50. The van der Waals surface area contributed by atoms with Crippen LogP contribution in [0.3, 0.4) is 0 Å². The van der Waals surface area contributed by atoms with Crippen molar-refractivity contribution in [2.24, 2.45) is 0 Å². The maximum Gasteiger partial charge on any atom is 0.416 e. The summed E-state index contributed by atoms with van der Waals surface area (Å²) < 4.78 is 72.6. The molecule has 1 amide bonds. The number of nitrogens with one attached hydrogen (secondary N) is 2. The molecular formula is C20H17Br2F3N4O4S. The summed E-state index contributed by atoms with van der Waals surface area (Å²) in [4.78, 5) is 13.4. The quantitative estimate of drug-likeness (QED) is 0.451. The Labute approximate surface area is 210 Å². The van der Waals surface area contributed by atoms with Crippen molar-refractivity contribution in [2.45, 2.75) is 29.6 Å². The molecule has 0 radical (unpaired) electrons. The standard InChI is InChI=1S/C20H17Br2F3N4O4S/c21-13-4-5-17(22)18(7-13)34(31,32)28-15-8-16(29(9-15)11-26)10-33-19(30)27-14-3-1-2-12(6-14)20(23,24)25/h1-7,15-16,28H,8-10H2,(H,27,30)/t15-,16-/m1/s1. The molecule has 0 bridgehead atoms. The topological polar surface area (TPSA) is 112 Å². The molecule has 0 spiro atoms. The van der Waals surface area contributed by atoms with Crippen molar-refractivity contribution in [3.8, 4) is 6.19 Å².